The van der Waals surface area contributed by atoms with Gasteiger partial charge in [0.2, 0.25) is 0 Å². The lowest BCUT2D eigenvalue weighted by Gasteiger charge is -2.27. The predicted molar refractivity (Wildman–Crippen MR) is 71.1 cm³/mol. The second-order valence-electron chi connectivity index (χ2n) is 5.12. The molecule has 0 bridgehead atoms. The molecule has 1 aromatic rings. The lowest BCUT2D eigenvalue weighted by Crippen LogP contribution is -2.38. The van der Waals surface area contributed by atoms with E-state index in [9.17, 15) is 4.79 Å². The van der Waals surface area contributed by atoms with Crippen molar-refractivity contribution in [2.75, 3.05) is 5.32 Å². The predicted octanol–water partition coefficient (Wildman–Crippen LogP) is 3.62. The van der Waals surface area contributed by atoms with E-state index in [1.165, 1.54) is 25.7 Å². The van der Waals surface area contributed by atoms with Gasteiger partial charge in [0.25, 0.3) is 5.91 Å². The van der Waals surface area contributed by atoms with Gasteiger partial charge in [-0.05, 0) is 30.5 Å². The Balaban J connectivity index is 1.74. The number of amides is 1. The maximum absolute atomic E-state index is 12.0. The molecule has 1 heterocycles. The molecule has 1 aromatic carbocycles. The summed E-state index contributed by atoms with van der Waals surface area (Å²) < 4.78 is 5.79. The van der Waals surface area contributed by atoms with Crippen LogP contribution < -0.4 is 10.1 Å². The smallest absolute Gasteiger partial charge is 0.265 e. The molecule has 0 spiro atoms. The van der Waals surface area contributed by atoms with E-state index < -0.39 is 0 Å². The summed E-state index contributed by atoms with van der Waals surface area (Å²) in [5.74, 6) is 1.31. The van der Waals surface area contributed by atoms with Crippen LogP contribution in [0.15, 0.2) is 18.2 Å². The van der Waals surface area contributed by atoms with Crippen molar-refractivity contribution in [2.24, 2.45) is 5.92 Å². The van der Waals surface area contributed by atoms with Crippen LogP contribution in [0.1, 0.15) is 32.1 Å². The summed E-state index contributed by atoms with van der Waals surface area (Å²) in [6, 6.07) is 5.32. The Morgan fingerprint density at radius 1 is 1.33 bits per heavy atom. The number of hydrogen-bond donors (Lipinski definition) is 1. The van der Waals surface area contributed by atoms with Crippen LogP contribution in [0.5, 0.6) is 5.75 Å². The van der Waals surface area contributed by atoms with Crippen LogP contribution in [0.3, 0.4) is 0 Å². The van der Waals surface area contributed by atoms with Gasteiger partial charge in [-0.25, -0.2) is 0 Å². The molecule has 0 saturated heterocycles. The minimum atomic E-state index is -0.346. The number of anilines is 1. The van der Waals surface area contributed by atoms with Crippen LogP contribution in [-0.4, -0.2) is 12.0 Å². The highest BCUT2D eigenvalue weighted by Gasteiger charge is 2.31. The molecule has 1 aliphatic heterocycles. The summed E-state index contributed by atoms with van der Waals surface area (Å²) in [5.41, 5.74) is 0.676. The van der Waals surface area contributed by atoms with Crippen molar-refractivity contribution in [1.82, 2.24) is 0 Å². The fourth-order valence-corrected chi connectivity index (χ4v) is 3.00. The summed E-state index contributed by atoms with van der Waals surface area (Å²) >= 11 is 5.89. The van der Waals surface area contributed by atoms with Gasteiger partial charge < -0.3 is 10.1 Å². The Bertz CT molecular complexity index is 469. The van der Waals surface area contributed by atoms with E-state index in [0.29, 0.717) is 16.6 Å². The molecule has 1 aliphatic carbocycles. The number of benzene rings is 1. The van der Waals surface area contributed by atoms with Crippen molar-refractivity contribution in [3.63, 3.8) is 0 Å². The number of nitrogens with one attached hydrogen (secondary N) is 1. The van der Waals surface area contributed by atoms with Crippen LogP contribution in [-0.2, 0) is 4.79 Å². The number of hydrogen-bond acceptors (Lipinski definition) is 2. The molecule has 0 radical (unpaired) electrons. The van der Waals surface area contributed by atoms with Crippen molar-refractivity contribution in [3.8, 4) is 5.75 Å². The number of ether oxygens (including phenoxy) is 1. The van der Waals surface area contributed by atoms with Gasteiger partial charge in [-0.3, -0.25) is 4.79 Å². The molecular formula is C14H16ClNO2. The van der Waals surface area contributed by atoms with Gasteiger partial charge in [-0.15, -0.1) is 0 Å². The number of carbonyl (C=O) groups is 1. The van der Waals surface area contributed by atoms with Gasteiger partial charge in [0.1, 0.15) is 5.75 Å². The van der Waals surface area contributed by atoms with Crippen LogP contribution in [0.2, 0.25) is 5.02 Å². The first-order valence-corrected chi connectivity index (χ1v) is 6.87. The largest absolute Gasteiger partial charge is 0.478 e. The molecule has 1 atom stereocenters. The molecule has 1 saturated carbocycles. The summed E-state index contributed by atoms with van der Waals surface area (Å²) in [4.78, 5) is 12.0. The van der Waals surface area contributed by atoms with Gasteiger partial charge in [0.05, 0.1) is 5.69 Å². The first kappa shape index (κ1) is 11.8. The third-order valence-corrected chi connectivity index (χ3v) is 4.02. The van der Waals surface area contributed by atoms with Crippen molar-refractivity contribution >= 4 is 23.2 Å². The van der Waals surface area contributed by atoms with Gasteiger partial charge in [-0.2, -0.15) is 0 Å². The molecule has 96 valence electrons. The second kappa shape index (κ2) is 4.81. The van der Waals surface area contributed by atoms with Crippen LogP contribution in [0, 0.1) is 5.92 Å². The Kier molecular flexibility index (Phi) is 3.16. The maximum Gasteiger partial charge on any atom is 0.265 e. The average molecular weight is 266 g/mol. The zero-order valence-electron chi connectivity index (χ0n) is 10.1. The SMILES string of the molecule is O=C1Nc2cc(Cl)ccc2OC1CC1CCCC1. The highest BCUT2D eigenvalue weighted by molar-refractivity contribution is 6.31. The fourth-order valence-electron chi connectivity index (χ4n) is 2.83. The first-order valence-electron chi connectivity index (χ1n) is 6.49. The standard InChI is InChI=1S/C14H16ClNO2/c15-10-5-6-12-11(8-10)16-14(17)13(18-12)7-9-3-1-2-4-9/h5-6,8-9,13H,1-4,7H2,(H,16,17). The lowest BCUT2D eigenvalue weighted by molar-refractivity contribution is -0.124. The van der Waals surface area contributed by atoms with Gasteiger partial charge >= 0.3 is 0 Å². The molecule has 3 rings (SSSR count). The monoisotopic (exact) mass is 265 g/mol. The maximum atomic E-state index is 12.0. The van der Waals surface area contributed by atoms with Gasteiger partial charge in [0.15, 0.2) is 6.10 Å². The Morgan fingerprint density at radius 3 is 2.89 bits per heavy atom. The van der Waals surface area contributed by atoms with Gasteiger partial charge in [-0.1, -0.05) is 37.3 Å². The molecule has 1 unspecified atom stereocenters. The highest BCUT2D eigenvalue weighted by atomic mass is 35.5. The highest BCUT2D eigenvalue weighted by Crippen LogP contribution is 2.35. The van der Waals surface area contributed by atoms with Crippen molar-refractivity contribution in [3.05, 3.63) is 23.2 Å². The van der Waals surface area contributed by atoms with Gasteiger partial charge in [0, 0.05) is 5.02 Å². The summed E-state index contributed by atoms with van der Waals surface area (Å²) in [7, 11) is 0. The third kappa shape index (κ3) is 2.32. The number of halogens is 1. The number of carbonyl (C=O) groups excluding carboxylic acids is 1. The van der Waals surface area contributed by atoms with Crippen LogP contribution >= 0.6 is 11.6 Å². The van der Waals surface area contributed by atoms with E-state index in [4.69, 9.17) is 16.3 Å². The first-order chi connectivity index (χ1) is 8.72. The quantitative estimate of drug-likeness (QED) is 0.887. The summed E-state index contributed by atoms with van der Waals surface area (Å²) in [5, 5.41) is 3.48. The zero-order valence-corrected chi connectivity index (χ0v) is 10.9. The van der Waals surface area contributed by atoms with E-state index in [-0.39, 0.29) is 12.0 Å². The lowest BCUT2D eigenvalue weighted by atomic mass is 9.99. The van der Waals surface area contributed by atoms with Crippen LogP contribution in [0.4, 0.5) is 5.69 Å². The van der Waals surface area contributed by atoms with E-state index in [1.54, 1.807) is 12.1 Å². The Morgan fingerprint density at radius 2 is 2.11 bits per heavy atom. The fraction of sp³-hybridized carbons (Fsp3) is 0.500. The zero-order chi connectivity index (χ0) is 12.5. The molecule has 1 N–H and O–H groups in total. The number of rotatable bonds is 2. The summed E-state index contributed by atoms with van der Waals surface area (Å²) in [6.07, 6.45) is 5.49. The van der Waals surface area contributed by atoms with E-state index in [2.05, 4.69) is 5.32 Å². The Hall–Kier alpha value is -1.22. The van der Waals surface area contributed by atoms with Crippen molar-refractivity contribution in [1.29, 1.82) is 0 Å². The summed E-state index contributed by atoms with van der Waals surface area (Å²) in [6.45, 7) is 0. The number of fused-ring (bicyclic) bond motifs is 1. The van der Waals surface area contributed by atoms with Crippen LogP contribution in [0.25, 0.3) is 0 Å². The molecule has 0 aromatic heterocycles. The third-order valence-electron chi connectivity index (χ3n) is 3.78. The minimum Gasteiger partial charge on any atom is -0.478 e. The van der Waals surface area contributed by atoms with E-state index >= 15 is 0 Å². The molecule has 2 aliphatic rings. The molecular weight excluding hydrogens is 250 g/mol. The molecule has 4 heteroatoms. The minimum absolute atomic E-state index is 0.0448. The Labute approximate surface area is 111 Å². The topological polar surface area (TPSA) is 38.3 Å². The van der Waals surface area contributed by atoms with E-state index in [0.717, 1.165) is 12.2 Å². The molecule has 1 fully saturated rings. The average Bonchev–Trinajstić information content (AvgIpc) is 2.83. The van der Waals surface area contributed by atoms with Crippen molar-refractivity contribution in [2.45, 2.75) is 38.2 Å². The molecule has 3 nitrogen and oxygen atoms in total. The second-order valence-corrected chi connectivity index (χ2v) is 5.56. The normalized spacial score (nSPS) is 23.4. The molecule has 1 amide bonds. The van der Waals surface area contributed by atoms with E-state index in [1.807, 2.05) is 6.07 Å². The molecule has 18 heavy (non-hydrogen) atoms. The van der Waals surface area contributed by atoms with Crippen molar-refractivity contribution < 1.29 is 9.53 Å².